The Labute approximate surface area is 127 Å². The predicted molar refractivity (Wildman–Crippen MR) is 81.3 cm³/mol. The summed E-state index contributed by atoms with van der Waals surface area (Å²) in [4.78, 5) is 4.72. The summed E-state index contributed by atoms with van der Waals surface area (Å²) in [7, 11) is -4.00. The number of thiazole rings is 1. The van der Waals surface area contributed by atoms with Crippen LogP contribution >= 0.6 is 11.3 Å². The van der Waals surface area contributed by atoms with Crippen LogP contribution in [0.15, 0.2) is 23.1 Å². The number of hydrogen-bond acceptors (Lipinski definition) is 5. The number of benzene rings is 1. The van der Waals surface area contributed by atoms with Crippen molar-refractivity contribution in [2.24, 2.45) is 5.73 Å². The highest BCUT2D eigenvalue weighted by atomic mass is 32.2. The molecule has 0 bridgehead atoms. The Hall–Kier alpha value is -1.51. The quantitative estimate of drug-likeness (QED) is 0.882. The van der Waals surface area contributed by atoms with Gasteiger partial charge in [-0.1, -0.05) is 13.0 Å². The first-order valence-electron chi connectivity index (χ1n) is 6.35. The molecule has 0 aliphatic carbocycles. The second-order valence-corrected chi connectivity index (χ2v) is 7.30. The summed E-state index contributed by atoms with van der Waals surface area (Å²) < 4.78 is 40.6. The lowest BCUT2D eigenvalue weighted by atomic mass is 10.2. The van der Waals surface area contributed by atoms with E-state index in [2.05, 4.69) is 9.71 Å². The van der Waals surface area contributed by atoms with Crippen LogP contribution < -0.4 is 10.5 Å². The number of halogens is 1. The van der Waals surface area contributed by atoms with Gasteiger partial charge in [0.15, 0.2) is 5.13 Å². The summed E-state index contributed by atoms with van der Waals surface area (Å²) in [6.45, 7) is 3.95. The molecule has 5 nitrogen and oxygen atoms in total. The highest BCUT2D eigenvalue weighted by molar-refractivity contribution is 7.93. The summed E-state index contributed by atoms with van der Waals surface area (Å²) in [6, 6.07) is 3.82. The van der Waals surface area contributed by atoms with Gasteiger partial charge in [0.25, 0.3) is 10.0 Å². The lowest BCUT2D eigenvalue weighted by molar-refractivity contribution is 0.569. The van der Waals surface area contributed by atoms with E-state index in [1.807, 2.05) is 13.8 Å². The van der Waals surface area contributed by atoms with Crippen molar-refractivity contribution in [2.45, 2.75) is 31.7 Å². The number of sulfonamides is 1. The van der Waals surface area contributed by atoms with Crippen molar-refractivity contribution in [1.82, 2.24) is 4.98 Å². The molecule has 1 heterocycles. The van der Waals surface area contributed by atoms with Crippen LogP contribution in [-0.2, 0) is 23.0 Å². The van der Waals surface area contributed by atoms with Gasteiger partial charge in [-0.2, -0.15) is 0 Å². The van der Waals surface area contributed by atoms with E-state index in [0.717, 1.165) is 16.6 Å². The Bertz CT molecular complexity index is 757. The maximum Gasteiger partial charge on any atom is 0.266 e. The number of nitrogens with zero attached hydrogens (tertiary/aromatic N) is 1. The molecular weight excluding hydrogens is 313 g/mol. The fraction of sp³-hybridized carbons (Fsp3) is 0.308. The molecule has 114 valence electrons. The molecule has 21 heavy (non-hydrogen) atoms. The third-order valence-electron chi connectivity index (χ3n) is 2.97. The van der Waals surface area contributed by atoms with Gasteiger partial charge in [0, 0.05) is 11.4 Å². The van der Waals surface area contributed by atoms with Gasteiger partial charge in [-0.05, 0) is 31.0 Å². The van der Waals surface area contributed by atoms with Gasteiger partial charge < -0.3 is 5.73 Å². The number of aromatic nitrogens is 1. The van der Waals surface area contributed by atoms with Crippen molar-refractivity contribution >= 4 is 26.5 Å². The summed E-state index contributed by atoms with van der Waals surface area (Å²) in [5.41, 5.74) is 6.76. The predicted octanol–water partition coefficient (Wildman–Crippen LogP) is 2.41. The van der Waals surface area contributed by atoms with Crippen LogP contribution in [0.25, 0.3) is 0 Å². The van der Waals surface area contributed by atoms with Crippen LogP contribution in [0.2, 0.25) is 0 Å². The average Bonchev–Trinajstić information content (AvgIpc) is 2.77. The van der Waals surface area contributed by atoms with Gasteiger partial charge in [0.2, 0.25) is 0 Å². The lowest BCUT2D eigenvalue weighted by Crippen LogP contribution is -2.15. The summed E-state index contributed by atoms with van der Waals surface area (Å²) in [5.74, 6) is -0.825. The fourth-order valence-electron chi connectivity index (χ4n) is 1.86. The van der Waals surface area contributed by atoms with Gasteiger partial charge >= 0.3 is 0 Å². The fourth-order valence-corrected chi connectivity index (χ4v) is 4.06. The molecule has 0 saturated carbocycles. The molecule has 1 aromatic heterocycles. The summed E-state index contributed by atoms with van der Waals surface area (Å²) >= 11 is 1.23. The van der Waals surface area contributed by atoms with Crippen LogP contribution in [0, 0.1) is 12.7 Å². The Morgan fingerprint density at radius 2 is 2.14 bits per heavy atom. The Balaban J connectivity index is 2.33. The van der Waals surface area contributed by atoms with Crippen molar-refractivity contribution in [3.63, 3.8) is 0 Å². The third-order valence-corrected chi connectivity index (χ3v) is 5.40. The SMILES string of the molecule is CCc1nc(NS(=O)(=O)c2ccc(CN)cc2F)sc1C. The van der Waals surface area contributed by atoms with Gasteiger partial charge in [-0.15, -0.1) is 11.3 Å². The largest absolute Gasteiger partial charge is 0.326 e. The first-order valence-corrected chi connectivity index (χ1v) is 8.65. The minimum absolute atomic E-state index is 0.149. The minimum atomic E-state index is -4.00. The number of hydrogen-bond donors (Lipinski definition) is 2. The van der Waals surface area contributed by atoms with E-state index in [0.29, 0.717) is 12.0 Å². The molecule has 2 aromatic rings. The Morgan fingerprint density at radius 3 is 2.67 bits per heavy atom. The van der Waals surface area contributed by atoms with Crippen molar-refractivity contribution in [3.05, 3.63) is 40.2 Å². The standard InChI is InChI=1S/C13H16FN3O2S2/c1-3-11-8(2)20-13(16-11)17-21(18,19)12-5-4-9(7-15)6-10(12)14/h4-6H,3,7,15H2,1-2H3,(H,16,17). The zero-order chi connectivity index (χ0) is 15.6. The highest BCUT2D eigenvalue weighted by Gasteiger charge is 2.21. The van der Waals surface area contributed by atoms with Crippen molar-refractivity contribution in [3.8, 4) is 0 Å². The molecule has 0 saturated heterocycles. The molecule has 3 N–H and O–H groups in total. The van der Waals surface area contributed by atoms with Gasteiger partial charge in [-0.3, -0.25) is 4.72 Å². The molecule has 0 amide bonds. The van der Waals surface area contributed by atoms with E-state index in [1.165, 1.54) is 23.5 Å². The molecule has 0 radical (unpaired) electrons. The Kier molecular flexibility index (Phi) is 4.60. The highest BCUT2D eigenvalue weighted by Crippen LogP contribution is 2.26. The smallest absolute Gasteiger partial charge is 0.266 e. The lowest BCUT2D eigenvalue weighted by Gasteiger charge is -2.07. The van der Waals surface area contributed by atoms with E-state index in [1.54, 1.807) is 0 Å². The number of anilines is 1. The molecule has 0 spiro atoms. The van der Waals surface area contributed by atoms with E-state index >= 15 is 0 Å². The average molecular weight is 329 g/mol. The second-order valence-electron chi connectivity index (χ2n) is 4.45. The number of nitrogens with two attached hydrogens (primary N) is 1. The molecular formula is C13H16FN3O2S2. The summed E-state index contributed by atoms with van der Waals surface area (Å²) in [5, 5.41) is 0.242. The summed E-state index contributed by atoms with van der Waals surface area (Å²) in [6.07, 6.45) is 0.712. The van der Waals surface area contributed by atoms with Crippen LogP contribution in [0.5, 0.6) is 0 Å². The topological polar surface area (TPSA) is 85.1 Å². The van der Waals surface area contributed by atoms with E-state index in [4.69, 9.17) is 5.73 Å². The second kappa shape index (κ2) is 6.08. The van der Waals surface area contributed by atoms with E-state index in [-0.39, 0.29) is 11.7 Å². The maximum absolute atomic E-state index is 13.9. The van der Waals surface area contributed by atoms with Crippen LogP contribution in [-0.4, -0.2) is 13.4 Å². The van der Waals surface area contributed by atoms with E-state index in [9.17, 15) is 12.8 Å². The van der Waals surface area contributed by atoms with Gasteiger partial charge in [0.05, 0.1) is 5.69 Å². The molecule has 8 heteroatoms. The third kappa shape index (κ3) is 3.39. The first kappa shape index (κ1) is 15.9. The van der Waals surface area contributed by atoms with Crippen LogP contribution in [0.4, 0.5) is 9.52 Å². The molecule has 0 aliphatic heterocycles. The van der Waals surface area contributed by atoms with Crippen LogP contribution in [0.1, 0.15) is 23.1 Å². The van der Waals surface area contributed by atoms with Crippen LogP contribution in [0.3, 0.4) is 0 Å². The van der Waals surface area contributed by atoms with Gasteiger partial charge in [0.1, 0.15) is 10.7 Å². The number of aryl methyl sites for hydroxylation is 2. The maximum atomic E-state index is 13.9. The normalized spacial score (nSPS) is 11.6. The number of rotatable bonds is 5. The first-order chi connectivity index (χ1) is 9.87. The molecule has 0 atom stereocenters. The molecule has 1 aromatic carbocycles. The van der Waals surface area contributed by atoms with Crippen molar-refractivity contribution in [2.75, 3.05) is 4.72 Å². The number of nitrogens with one attached hydrogen (secondary N) is 1. The zero-order valence-corrected chi connectivity index (χ0v) is 13.3. The molecule has 0 unspecified atom stereocenters. The monoisotopic (exact) mass is 329 g/mol. The molecule has 0 fully saturated rings. The Morgan fingerprint density at radius 1 is 1.43 bits per heavy atom. The van der Waals surface area contributed by atoms with Gasteiger partial charge in [-0.25, -0.2) is 17.8 Å². The zero-order valence-electron chi connectivity index (χ0n) is 11.7. The molecule has 2 rings (SSSR count). The van der Waals surface area contributed by atoms with E-state index < -0.39 is 20.7 Å². The van der Waals surface area contributed by atoms with Crippen molar-refractivity contribution in [1.29, 1.82) is 0 Å². The molecule has 0 aliphatic rings. The minimum Gasteiger partial charge on any atom is -0.326 e. The van der Waals surface area contributed by atoms with Crippen molar-refractivity contribution < 1.29 is 12.8 Å².